The van der Waals surface area contributed by atoms with E-state index < -0.39 is 30.2 Å². The Morgan fingerprint density at radius 3 is 2.36 bits per heavy atom. The molecule has 1 atom stereocenters. The number of H-pyrrole nitrogens is 1. The number of carbonyl (C=O) groups is 4. The lowest BCUT2D eigenvalue weighted by atomic mass is 9.82. The second-order valence-corrected chi connectivity index (χ2v) is 9.24. The number of amides is 2. The first-order valence-corrected chi connectivity index (χ1v) is 11.9. The Balaban J connectivity index is 1.65. The van der Waals surface area contributed by atoms with E-state index in [-0.39, 0.29) is 23.4 Å². The van der Waals surface area contributed by atoms with Crippen molar-refractivity contribution in [1.82, 2.24) is 15.2 Å². The van der Waals surface area contributed by atoms with E-state index in [1.54, 1.807) is 18.2 Å². The topological polar surface area (TPSA) is 120 Å². The van der Waals surface area contributed by atoms with E-state index in [9.17, 15) is 24.3 Å². The molecule has 1 aromatic carbocycles. The number of nitrogens with zero attached hydrogens (tertiary/aromatic N) is 1. The van der Waals surface area contributed by atoms with Crippen LogP contribution in [-0.4, -0.2) is 57.2 Å². The van der Waals surface area contributed by atoms with Crippen LogP contribution < -0.4 is 5.32 Å². The number of ketones is 1. The lowest BCUT2D eigenvalue weighted by Gasteiger charge is -2.37. The zero-order chi connectivity index (χ0) is 23.4. The molecule has 0 aliphatic heterocycles. The van der Waals surface area contributed by atoms with E-state index in [0.29, 0.717) is 10.9 Å². The minimum atomic E-state index is -1.25. The molecule has 1 heterocycles. The van der Waals surface area contributed by atoms with Gasteiger partial charge in [-0.2, -0.15) is 0 Å². The molecule has 0 spiro atoms. The van der Waals surface area contributed by atoms with Crippen molar-refractivity contribution in [1.29, 1.82) is 0 Å². The molecule has 1 unspecified atom stereocenters. The number of carboxylic acids is 1. The number of fused-ring (bicyclic) bond motifs is 1. The van der Waals surface area contributed by atoms with Crippen molar-refractivity contribution in [2.45, 2.75) is 69.9 Å². The summed E-state index contributed by atoms with van der Waals surface area (Å²) in [5, 5.41) is 13.2. The Bertz CT molecular complexity index is 1030. The molecular weight excluding hydrogens is 422 g/mol. The van der Waals surface area contributed by atoms with Crippen molar-refractivity contribution in [3.05, 3.63) is 36.0 Å². The maximum absolute atomic E-state index is 13.5. The third-order valence-electron chi connectivity index (χ3n) is 7.00. The van der Waals surface area contributed by atoms with E-state index >= 15 is 0 Å². The van der Waals surface area contributed by atoms with Gasteiger partial charge < -0.3 is 20.3 Å². The maximum atomic E-state index is 13.5. The average molecular weight is 454 g/mol. The smallest absolute Gasteiger partial charge is 0.323 e. The fraction of sp³-hybridized carbons (Fsp3) is 0.520. The number of rotatable bonds is 8. The highest BCUT2D eigenvalue weighted by Gasteiger charge is 2.41. The summed E-state index contributed by atoms with van der Waals surface area (Å²) in [6.07, 6.45) is 9.65. The molecule has 2 aliphatic rings. The van der Waals surface area contributed by atoms with Crippen molar-refractivity contribution < 1.29 is 24.3 Å². The quantitative estimate of drug-likeness (QED) is 0.419. The molecule has 0 bridgehead atoms. The van der Waals surface area contributed by atoms with Gasteiger partial charge in [-0.05, 0) is 37.7 Å². The van der Waals surface area contributed by atoms with Gasteiger partial charge >= 0.3 is 5.97 Å². The van der Waals surface area contributed by atoms with E-state index in [4.69, 9.17) is 0 Å². The van der Waals surface area contributed by atoms with Gasteiger partial charge in [-0.15, -0.1) is 0 Å². The summed E-state index contributed by atoms with van der Waals surface area (Å²) in [6, 6.07) is 6.19. The van der Waals surface area contributed by atoms with Gasteiger partial charge in [0, 0.05) is 23.1 Å². The van der Waals surface area contributed by atoms with Crippen LogP contribution in [0.25, 0.3) is 10.9 Å². The van der Waals surface area contributed by atoms with Gasteiger partial charge in [0.15, 0.2) is 0 Å². The molecule has 0 saturated heterocycles. The molecular formula is C25H31N3O5. The molecule has 8 heteroatoms. The van der Waals surface area contributed by atoms with Crippen LogP contribution in [0.4, 0.5) is 0 Å². The molecule has 0 radical (unpaired) electrons. The lowest BCUT2D eigenvalue weighted by Crippen LogP contribution is -2.57. The van der Waals surface area contributed by atoms with Crippen LogP contribution in [0.2, 0.25) is 0 Å². The molecule has 176 valence electrons. The van der Waals surface area contributed by atoms with Gasteiger partial charge in [0.1, 0.15) is 12.6 Å². The first-order valence-electron chi connectivity index (χ1n) is 11.9. The number of hydrogen-bond acceptors (Lipinski definition) is 4. The van der Waals surface area contributed by atoms with Crippen LogP contribution in [0.5, 0.6) is 0 Å². The van der Waals surface area contributed by atoms with Gasteiger partial charge in [0.05, 0.1) is 5.56 Å². The zero-order valence-corrected chi connectivity index (χ0v) is 18.7. The van der Waals surface area contributed by atoms with Crippen LogP contribution in [-0.2, 0) is 14.4 Å². The van der Waals surface area contributed by atoms with Crippen molar-refractivity contribution in [2.24, 2.45) is 5.92 Å². The molecule has 2 fully saturated rings. The van der Waals surface area contributed by atoms with Crippen molar-refractivity contribution in [2.75, 3.05) is 6.54 Å². The number of benzene rings is 1. The van der Waals surface area contributed by atoms with Gasteiger partial charge in [0.25, 0.3) is 11.7 Å². The Morgan fingerprint density at radius 2 is 1.67 bits per heavy atom. The SMILES string of the molecule is O=C(O)CN(C(=O)C(=O)c1c[nH]c2ccccc12)C(C(=O)NC1CCCC1)C1CCCCC1. The van der Waals surface area contributed by atoms with E-state index in [0.717, 1.165) is 62.7 Å². The maximum Gasteiger partial charge on any atom is 0.323 e. The average Bonchev–Trinajstić information content (AvgIpc) is 3.48. The van der Waals surface area contributed by atoms with Gasteiger partial charge in [-0.25, -0.2) is 0 Å². The number of Topliss-reactive ketones (excluding diaryl/α,β-unsaturated/α-hetero) is 1. The fourth-order valence-corrected chi connectivity index (χ4v) is 5.36. The number of aliphatic carboxylic acids is 1. The number of nitrogens with one attached hydrogen (secondary N) is 2. The number of para-hydroxylation sites is 1. The Hall–Kier alpha value is -3.16. The summed E-state index contributed by atoms with van der Waals surface area (Å²) in [4.78, 5) is 55.9. The normalized spacial score (nSPS) is 18.2. The summed E-state index contributed by atoms with van der Waals surface area (Å²) in [6.45, 7) is -0.688. The van der Waals surface area contributed by atoms with Crippen LogP contribution in [0.1, 0.15) is 68.1 Å². The highest BCUT2D eigenvalue weighted by Crippen LogP contribution is 2.31. The highest BCUT2D eigenvalue weighted by molar-refractivity contribution is 6.45. The van der Waals surface area contributed by atoms with Crippen molar-refractivity contribution >= 4 is 34.5 Å². The van der Waals surface area contributed by atoms with Crippen molar-refractivity contribution in [3.63, 3.8) is 0 Å². The lowest BCUT2D eigenvalue weighted by molar-refractivity contribution is -0.148. The monoisotopic (exact) mass is 453 g/mol. The molecule has 2 aliphatic carbocycles. The number of aromatic nitrogens is 1. The number of aromatic amines is 1. The van der Waals surface area contributed by atoms with Gasteiger partial charge in [0.2, 0.25) is 5.91 Å². The minimum Gasteiger partial charge on any atom is -0.480 e. The summed E-state index contributed by atoms with van der Waals surface area (Å²) in [7, 11) is 0. The molecule has 2 aromatic rings. The third-order valence-corrected chi connectivity index (χ3v) is 7.00. The fourth-order valence-electron chi connectivity index (χ4n) is 5.36. The molecule has 8 nitrogen and oxygen atoms in total. The number of carboxylic acid groups (broad SMARTS) is 1. The van der Waals surface area contributed by atoms with E-state index in [1.807, 2.05) is 6.07 Å². The zero-order valence-electron chi connectivity index (χ0n) is 18.7. The van der Waals surface area contributed by atoms with Gasteiger partial charge in [-0.3, -0.25) is 19.2 Å². The van der Waals surface area contributed by atoms with Crippen molar-refractivity contribution in [3.8, 4) is 0 Å². The first kappa shape index (κ1) is 23.0. The molecule has 2 amide bonds. The second-order valence-electron chi connectivity index (χ2n) is 9.24. The third kappa shape index (κ3) is 5.10. The van der Waals surface area contributed by atoms with Crippen LogP contribution >= 0.6 is 0 Å². The van der Waals surface area contributed by atoms with Crippen LogP contribution in [0.3, 0.4) is 0 Å². The predicted molar refractivity (Wildman–Crippen MR) is 123 cm³/mol. The number of carbonyl (C=O) groups excluding carboxylic acids is 3. The highest BCUT2D eigenvalue weighted by atomic mass is 16.4. The molecule has 4 rings (SSSR count). The first-order chi connectivity index (χ1) is 16.0. The summed E-state index contributed by atoms with van der Waals surface area (Å²) < 4.78 is 0. The van der Waals surface area contributed by atoms with Crippen LogP contribution in [0.15, 0.2) is 30.5 Å². The summed E-state index contributed by atoms with van der Waals surface area (Å²) in [5.74, 6) is -3.50. The minimum absolute atomic E-state index is 0.0367. The molecule has 1 aromatic heterocycles. The predicted octanol–water partition coefficient (Wildman–Crippen LogP) is 3.27. The Morgan fingerprint density at radius 1 is 1.00 bits per heavy atom. The summed E-state index contributed by atoms with van der Waals surface area (Å²) >= 11 is 0. The Labute approximate surface area is 192 Å². The summed E-state index contributed by atoms with van der Waals surface area (Å²) in [5.41, 5.74) is 0.894. The van der Waals surface area contributed by atoms with E-state index in [1.165, 1.54) is 6.20 Å². The molecule has 2 saturated carbocycles. The van der Waals surface area contributed by atoms with Gasteiger partial charge in [-0.1, -0.05) is 50.3 Å². The van der Waals surface area contributed by atoms with E-state index in [2.05, 4.69) is 10.3 Å². The molecule has 33 heavy (non-hydrogen) atoms. The second kappa shape index (κ2) is 10.2. The largest absolute Gasteiger partial charge is 0.480 e. The Kier molecular flexibility index (Phi) is 7.11. The number of hydrogen-bond donors (Lipinski definition) is 3. The standard InChI is InChI=1S/C25H31N3O5/c29-21(30)15-28(25(33)23(31)19-14-26-20-13-7-6-12-18(19)20)22(16-8-2-1-3-9-16)24(32)27-17-10-4-5-11-17/h6-7,12-14,16-17,22,26H,1-5,8-11,15H2,(H,27,32)(H,29,30). The molecule has 3 N–H and O–H groups in total. The van der Waals surface area contributed by atoms with Crippen LogP contribution in [0, 0.1) is 5.92 Å².